The van der Waals surface area contributed by atoms with Gasteiger partial charge in [-0.05, 0) is 22.5 Å². The highest BCUT2D eigenvalue weighted by atomic mass is 19.3. The van der Waals surface area contributed by atoms with Gasteiger partial charge in [0.15, 0.2) is 0 Å². The van der Waals surface area contributed by atoms with Gasteiger partial charge in [0.25, 0.3) is 12.0 Å². The Morgan fingerprint density at radius 1 is 1.09 bits per heavy atom. The van der Waals surface area contributed by atoms with Gasteiger partial charge in [-0.25, -0.2) is 13.6 Å². The topological polar surface area (TPSA) is 46.5 Å². The quantitative estimate of drug-likeness (QED) is 0.636. The summed E-state index contributed by atoms with van der Waals surface area (Å²) < 4.78 is 31.8. The summed E-state index contributed by atoms with van der Waals surface area (Å²) in [7, 11) is 0. The molecular weight excluding hydrogens is 290 g/mol. The minimum Gasteiger partial charge on any atom is -0.423 e. The minimum atomic E-state index is -3.25. The van der Waals surface area contributed by atoms with Crippen LogP contribution in [0.25, 0.3) is 0 Å². The number of carbonyl (C=O) groups excluding carboxylic acids is 1. The lowest BCUT2D eigenvalue weighted by molar-refractivity contribution is -0.169. The van der Waals surface area contributed by atoms with Crippen molar-refractivity contribution in [2.75, 3.05) is 0 Å². The van der Waals surface area contributed by atoms with Crippen molar-refractivity contribution in [3.05, 3.63) is 28.8 Å². The van der Waals surface area contributed by atoms with Crippen LogP contribution in [-0.2, 0) is 21.2 Å². The van der Waals surface area contributed by atoms with Crippen molar-refractivity contribution in [2.24, 2.45) is 0 Å². The summed E-state index contributed by atoms with van der Waals surface area (Å²) in [6.07, 6.45) is -3.25. The lowest BCUT2D eigenvalue weighted by Gasteiger charge is -2.27. The number of hydrogen-bond donors (Lipinski definition) is 1. The fourth-order valence-corrected chi connectivity index (χ4v) is 2.50. The lowest BCUT2D eigenvalue weighted by Crippen LogP contribution is -2.40. The fourth-order valence-electron chi connectivity index (χ4n) is 2.50. The van der Waals surface area contributed by atoms with Gasteiger partial charge in [-0.1, -0.05) is 47.6 Å². The predicted octanol–water partition coefficient (Wildman–Crippen LogP) is 3.65. The smallest absolute Gasteiger partial charge is 0.354 e. The molecule has 0 spiro atoms. The molecule has 0 aromatic heterocycles. The van der Waals surface area contributed by atoms with Gasteiger partial charge in [-0.3, -0.25) is 0 Å². The Balaban J connectivity index is 2.83. The largest absolute Gasteiger partial charge is 0.423 e. The van der Waals surface area contributed by atoms with E-state index in [2.05, 4.69) is 0 Å². The molecule has 1 aromatic rings. The Morgan fingerprint density at radius 2 is 1.64 bits per heavy atom. The Morgan fingerprint density at radius 3 is 2.05 bits per heavy atom. The molecule has 1 aromatic carbocycles. The Hall–Kier alpha value is -1.49. The summed E-state index contributed by atoms with van der Waals surface area (Å²) in [5.41, 5.74) is -2.35. The Kier molecular flexibility index (Phi) is 3.64. The van der Waals surface area contributed by atoms with Crippen LogP contribution in [0.4, 0.5) is 8.78 Å². The molecule has 0 bridgehead atoms. The summed E-state index contributed by atoms with van der Waals surface area (Å²) in [6.45, 7) is 11.6. The highest BCUT2D eigenvalue weighted by Gasteiger charge is 2.56. The van der Waals surface area contributed by atoms with Crippen LogP contribution in [0.1, 0.15) is 58.2 Å². The average molecular weight is 312 g/mol. The average Bonchev–Trinajstić information content (AvgIpc) is 2.59. The number of alkyl halides is 2. The molecule has 0 saturated carbocycles. The van der Waals surface area contributed by atoms with Gasteiger partial charge in [0.05, 0.1) is 0 Å². The standard InChI is InChI=1S/C17H22F2O3/c1-15(2,3)9-7-10(16(4,5)6)12-11(8-9)17(21,13(18)19)14(20)22-12/h7-8,13,21H,1-6H3. The first-order valence-electron chi connectivity index (χ1n) is 7.22. The van der Waals surface area contributed by atoms with E-state index in [0.29, 0.717) is 5.56 Å². The number of ether oxygens (including phenoxy) is 1. The van der Waals surface area contributed by atoms with E-state index in [-0.39, 0.29) is 16.7 Å². The lowest BCUT2D eigenvalue weighted by atomic mass is 9.77. The van der Waals surface area contributed by atoms with Crippen molar-refractivity contribution in [1.82, 2.24) is 0 Å². The number of fused-ring (bicyclic) bond motifs is 1. The number of carbonyl (C=O) groups is 1. The molecule has 1 aliphatic rings. The second-order valence-corrected chi connectivity index (χ2v) is 7.86. The van der Waals surface area contributed by atoms with Crippen LogP contribution in [-0.4, -0.2) is 17.5 Å². The molecule has 1 heterocycles. The van der Waals surface area contributed by atoms with Gasteiger partial charge in [-0.2, -0.15) is 0 Å². The van der Waals surface area contributed by atoms with Gasteiger partial charge in [0.1, 0.15) is 5.75 Å². The van der Waals surface area contributed by atoms with E-state index in [1.165, 1.54) is 6.07 Å². The number of rotatable bonds is 1. The molecule has 0 aliphatic carbocycles. The maximum absolute atomic E-state index is 13.4. The van der Waals surface area contributed by atoms with E-state index in [0.717, 1.165) is 5.56 Å². The molecule has 5 heteroatoms. The van der Waals surface area contributed by atoms with Crippen LogP contribution in [0, 0.1) is 0 Å². The molecule has 0 saturated heterocycles. The van der Waals surface area contributed by atoms with Crippen molar-refractivity contribution in [2.45, 2.75) is 64.4 Å². The molecule has 0 amide bonds. The first kappa shape index (κ1) is 16.9. The van der Waals surface area contributed by atoms with Crippen LogP contribution in [0.15, 0.2) is 12.1 Å². The molecule has 1 unspecified atom stereocenters. The van der Waals surface area contributed by atoms with Crippen molar-refractivity contribution in [3.63, 3.8) is 0 Å². The minimum absolute atomic E-state index is 0.0632. The third-order valence-electron chi connectivity index (χ3n) is 4.00. The molecule has 1 N–H and O–H groups in total. The van der Waals surface area contributed by atoms with E-state index in [9.17, 15) is 18.7 Å². The monoisotopic (exact) mass is 312 g/mol. The van der Waals surface area contributed by atoms with Gasteiger partial charge in [-0.15, -0.1) is 0 Å². The fraction of sp³-hybridized carbons (Fsp3) is 0.588. The van der Waals surface area contributed by atoms with E-state index >= 15 is 0 Å². The maximum atomic E-state index is 13.4. The third kappa shape index (κ3) is 2.41. The van der Waals surface area contributed by atoms with Crippen molar-refractivity contribution >= 4 is 5.97 Å². The van der Waals surface area contributed by atoms with Crippen LogP contribution in [0.3, 0.4) is 0 Å². The molecule has 3 nitrogen and oxygen atoms in total. The molecular formula is C17H22F2O3. The maximum Gasteiger partial charge on any atom is 0.354 e. The third-order valence-corrected chi connectivity index (χ3v) is 4.00. The molecule has 1 aliphatic heterocycles. The zero-order valence-corrected chi connectivity index (χ0v) is 13.8. The number of benzene rings is 1. The number of halogens is 2. The van der Waals surface area contributed by atoms with Crippen LogP contribution in [0.2, 0.25) is 0 Å². The molecule has 22 heavy (non-hydrogen) atoms. The summed E-state index contributed by atoms with van der Waals surface area (Å²) in [5, 5.41) is 10.2. The second-order valence-electron chi connectivity index (χ2n) is 7.86. The zero-order valence-electron chi connectivity index (χ0n) is 13.8. The van der Waals surface area contributed by atoms with Gasteiger partial charge in [0, 0.05) is 11.1 Å². The summed E-state index contributed by atoms with van der Waals surface area (Å²) >= 11 is 0. The molecule has 2 rings (SSSR count). The van der Waals surface area contributed by atoms with Crippen LogP contribution < -0.4 is 4.74 Å². The first-order chi connectivity index (χ1) is 9.79. The predicted molar refractivity (Wildman–Crippen MR) is 79.4 cm³/mol. The highest BCUT2D eigenvalue weighted by Crippen LogP contribution is 2.48. The van der Waals surface area contributed by atoms with E-state index in [1.807, 2.05) is 47.6 Å². The van der Waals surface area contributed by atoms with Crippen molar-refractivity contribution in [1.29, 1.82) is 0 Å². The number of esters is 1. The SMILES string of the molecule is CC(C)(C)c1cc(C(C)(C)C)c2c(c1)C(O)(C(F)F)C(=O)O2. The number of aliphatic hydroxyl groups is 1. The molecule has 0 radical (unpaired) electrons. The Labute approximate surface area is 129 Å². The second kappa shape index (κ2) is 4.75. The van der Waals surface area contributed by atoms with Gasteiger partial charge >= 0.3 is 5.97 Å². The van der Waals surface area contributed by atoms with Crippen LogP contribution in [0.5, 0.6) is 5.75 Å². The van der Waals surface area contributed by atoms with Crippen molar-refractivity contribution in [3.8, 4) is 5.75 Å². The van der Waals surface area contributed by atoms with E-state index in [4.69, 9.17) is 4.74 Å². The van der Waals surface area contributed by atoms with Crippen LogP contribution >= 0.6 is 0 Å². The van der Waals surface area contributed by atoms with E-state index < -0.39 is 23.4 Å². The highest BCUT2D eigenvalue weighted by molar-refractivity contribution is 5.90. The van der Waals surface area contributed by atoms with Crippen molar-refractivity contribution < 1.29 is 23.4 Å². The van der Waals surface area contributed by atoms with E-state index in [1.54, 1.807) is 0 Å². The number of hydrogen-bond acceptors (Lipinski definition) is 3. The zero-order chi connectivity index (χ0) is 17.1. The molecule has 122 valence electrons. The Bertz CT molecular complexity index is 624. The normalized spacial score (nSPS) is 22.0. The van der Waals surface area contributed by atoms with Gasteiger partial charge in [0.2, 0.25) is 0 Å². The first-order valence-corrected chi connectivity index (χ1v) is 7.22. The summed E-state index contributed by atoms with van der Waals surface area (Å²) in [6, 6.07) is 3.32. The molecule has 0 fully saturated rings. The molecule has 1 atom stereocenters. The summed E-state index contributed by atoms with van der Waals surface area (Å²) in [5.74, 6) is -1.25. The summed E-state index contributed by atoms with van der Waals surface area (Å²) in [4.78, 5) is 11.9. The van der Waals surface area contributed by atoms with Gasteiger partial charge < -0.3 is 9.84 Å².